The summed E-state index contributed by atoms with van der Waals surface area (Å²) < 4.78 is 0. The number of rotatable bonds is 4. The summed E-state index contributed by atoms with van der Waals surface area (Å²) in [6.07, 6.45) is 1.61. The number of fused-ring (bicyclic) bond motifs is 1. The first-order valence-electron chi connectivity index (χ1n) is 8.61. The van der Waals surface area contributed by atoms with Crippen molar-refractivity contribution < 1.29 is 4.79 Å². The molecule has 3 aromatic rings. The number of piperazine rings is 1. The zero-order chi connectivity index (χ0) is 18.1. The molecule has 1 aliphatic heterocycles. The van der Waals surface area contributed by atoms with Crippen molar-refractivity contribution in [1.82, 2.24) is 20.2 Å². The van der Waals surface area contributed by atoms with Crippen LogP contribution in [0.4, 0.5) is 5.82 Å². The Morgan fingerprint density at radius 2 is 2.08 bits per heavy atom. The average Bonchev–Trinajstić information content (AvgIpc) is 3.28. The molecule has 0 spiro atoms. The van der Waals surface area contributed by atoms with Crippen molar-refractivity contribution >= 4 is 44.6 Å². The maximum Gasteiger partial charge on any atom is 0.262 e. The highest BCUT2D eigenvalue weighted by atomic mass is 32.1. The van der Waals surface area contributed by atoms with Crippen LogP contribution >= 0.6 is 22.7 Å². The SMILES string of the molecule is Cc1c(C(=O)NCc2cccs2)sc2ncnc(N3CCN(C)CC3)c12. The predicted molar refractivity (Wildman–Crippen MR) is 107 cm³/mol. The number of aryl methyl sites for hydroxylation is 1. The van der Waals surface area contributed by atoms with E-state index in [0.717, 1.165) is 57.5 Å². The summed E-state index contributed by atoms with van der Waals surface area (Å²) in [6, 6.07) is 4.02. The number of nitrogens with zero attached hydrogens (tertiary/aromatic N) is 4. The number of carbonyl (C=O) groups excluding carboxylic acids is 1. The van der Waals surface area contributed by atoms with Crippen LogP contribution in [0.3, 0.4) is 0 Å². The van der Waals surface area contributed by atoms with Gasteiger partial charge in [0, 0.05) is 31.1 Å². The van der Waals surface area contributed by atoms with Gasteiger partial charge >= 0.3 is 0 Å². The van der Waals surface area contributed by atoms with E-state index in [4.69, 9.17) is 0 Å². The van der Waals surface area contributed by atoms with E-state index in [1.165, 1.54) is 11.3 Å². The van der Waals surface area contributed by atoms with Crippen LogP contribution in [0, 0.1) is 6.92 Å². The Morgan fingerprint density at radius 3 is 2.81 bits per heavy atom. The second kappa shape index (κ2) is 7.30. The van der Waals surface area contributed by atoms with Gasteiger partial charge in [0.1, 0.15) is 17.0 Å². The van der Waals surface area contributed by atoms with Gasteiger partial charge in [0.25, 0.3) is 5.91 Å². The summed E-state index contributed by atoms with van der Waals surface area (Å²) in [5, 5.41) is 6.06. The normalized spacial score (nSPS) is 15.5. The van der Waals surface area contributed by atoms with Gasteiger partial charge in [-0.2, -0.15) is 0 Å². The Morgan fingerprint density at radius 1 is 1.27 bits per heavy atom. The van der Waals surface area contributed by atoms with Crippen LogP contribution in [0.2, 0.25) is 0 Å². The van der Waals surface area contributed by atoms with Gasteiger partial charge in [0.2, 0.25) is 0 Å². The molecule has 136 valence electrons. The van der Waals surface area contributed by atoms with Gasteiger partial charge in [-0.05, 0) is 31.0 Å². The molecule has 1 amide bonds. The minimum Gasteiger partial charge on any atom is -0.353 e. The summed E-state index contributed by atoms with van der Waals surface area (Å²) in [6.45, 7) is 6.48. The van der Waals surface area contributed by atoms with Crippen molar-refractivity contribution in [3.8, 4) is 0 Å². The van der Waals surface area contributed by atoms with Crippen LogP contribution in [0.15, 0.2) is 23.8 Å². The molecule has 1 fully saturated rings. The van der Waals surface area contributed by atoms with Crippen LogP contribution < -0.4 is 10.2 Å². The molecule has 26 heavy (non-hydrogen) atoms. The minimum absolute atomic E-state index is 0.0387. The lowest BCUT2D eigenvalue weighted by atomic mass is 10.1. The first-order valence-corrected chi connectivity index (χ1v) is 10.3. The van der Waals surface area contributed by atoms with E-state index in [1.54, 1.807) is 17.7 Å². The first-order chi connectivity index (χ1) is 12.6. The summed E-state index contributed by atoms with van der Waals surface area (Å²) >= 11 is 3.10. The number of amides is 1. The molecular weight excluding hydrogens is 366 g/mol. The largest absolute Gasteiger partial charge is 0.353 e. The molecule has 4 heterocycles. The number of hydrogen-bond donors (Lipinski definition) is 1. The average molecular weight is 388 g/mol. The summed E-state index contributed by atoms with van der Waals surface area (Å²) in [4.78, 5) is 29.0. The van der Waals surface area contributed by atoms with Crippen molar-refractivity contribution in [2.24, 2.45) is 0 Å². The van der Waals surface area contributed by atoms with Crippen molar-refractivity contribution in [3.63, 3.8) is 0 Å². The lowest BCUT2D eigenvalue weighted by Gasteiger charge is -2.33. The highest BCUT2D eigenvalue weighted by Crippen LogP contribution is 2.35. The molecule has 8 heteroatoms. The molecule has 0 bridgehead atoms. The fourth-order valence-electron chi connectivity index (χ4n) is 3.19. The molecule has 3 aromatic heterocycles. The summed E-state index contributed by atoms with van der Waals surface area (Å²) in [7, 11) is 2.14. The third-order valence-electron chi connectivity index (χ3n) is 4.72. The predicted octanol–water partition coefficient (Wildman–Crippen LogP) is 2.74. The van der Waals surface area contributed by atoms with Gasteiger partial charge in [-0.15, -0.1) is 22.7 Å². The fraction of sp³-hybridized carbons (Fsp3) is 0.389. The third kappa shape index (κ3) is 3.32. The number of thiophene rings is 2. The van der Waals surface area contributed by atoms with Gasteiger partial charge in [0.15, 0.2) is 0 Å². The van der Waals surface area contributed by atoms with Crippen LogP contribution in [0.1, 0.15) is 20.1 Å². The van der Waals surface area contributed by atoms with Crippen molar-refractivity contribution in [2.75, 3.05) is 38.1 Å². The van der Waals surface area contributed by atoms with Gasteiger partial charge < -0.3 is 15.1 Å². The number of likely N-dealkylation sites (N-methyl/N-ethyl adjacent to an activating group) is 1. The molecular formula is C18H21N5OS2. The highest BCUT2D eigenvalue weighted by Gasteiger charge is 2.23. The Labute approximate surface area is 160 Å². The van der Waals surface area contributed by atoms with Gasteiger partial charge in [0.05, 0.1) is 16.8 Å². The molecule has 0 atom stereocenters. The third-order valence-corrected chi connectivity index (χ3v) is 6.79. The van der Waals surface area contributed by atoms with Crippen LogP contribution in [0.5, 0.6) is 0 Å². The Bertz CT molecular complexity index is 913. The smallest absolute Gasteiger partial charge is 0.262 e. The summed E-state index contributed by atoms with van der Waals surface area (Å²) in [5.41, 5.74) is 0.975. The first kappa shape index (κ1) is 17.4. The van der Waals surface area contributed by atoms with Crippen molar-refractivity contribution in [1.29, 1.82) is 0 Å². The zero-order valence-electron chi connectivity index (χ0n) is 14.9. The fourth-order valence-corrected chi connectivity index (χ4v) is 4.89. The Kier molecular flexibility index (Phi) is 4.88. The van der Waals surface area contributed by atoms with Crippen LogP contribution in [-0.2, 0) is 6.54 Å². The Hall–Kier alpha value is -2.03. The van der Waals surface area contributed by atoms with Crippen molar-refractivity contribution in [3.05, 3.63) is 39.2 Å². The lowest BCUT2D eigenvalue weighted by Crippen LogP contribution is -2.44. The molecule has 0 aliphatic carbocycles. The second-order valence-corrected chi connectivity index (χ2v) is 8.52. The number of aromatic nitrogens is 2. The maximum atomic E-state index is 12.7. The number of nitrogens with one attached hydrogen (secondary N) is 1. The van der Waals surface area contributed by atoms with E-state index in [9.17, 15) is 4.79 Å². The lowest BCUT2D eigenvalue weighted by molar-refractivity contribution is 0.0955. The van der Waals surface area contributed by atoms with E-state index in [2.05, 4.69) is 32.1 Å². The van der Waals surface area contributed by atoms with Crippen LogP contribution in [-0.4, -0.2) is 54.0 Å². The van der Waals surface area contributed by atoms with Crippen LogP contribution in [0.25, 0.3) is 10.2 Å². The van der Waals surface area contributed by atoms with Gasteiger partial charge in [-0.25, -0.2) is 9.97 Å². The topological polar surface area (TPSA) is 61.4 Å². The molecule has 0 unspecified atom stereocenters. The number of carbonyl (C=O) groups is 1. The molecule has 0 saturated carbocycles. The number of hydrogen-bond acceptors (Lipinski definition) is 7. The zero-order valence-corrected chi connectivity index (χ0v) is 16.5. The summed E-state index contributed by atoms with van der Waals surface area (Å²) in [5.74, 6) is 0.914. The standard InChI is InChI=1S/C18H21N5OS2/c1-12-14-16(23-7-5-22(2)6-8-23)20-11-21-18(14)26-15(12)17(24)19-10-13-4-3-9-25-13/h3-4,9,11H,5-8,10H2,1-2H3,(H,19,24). The van der Waals surface area contributed by atoms with E-state index in [-0.39, 0.29) is 5.91 Å². The molecule has 4 rings (SSSR count). The van der Waals surface area contributed by atoms with E-state index >= 15 is 0 Å². The highest BCUT2D eigenvalue weighted by molar-refractivity contribution is 7.20. The second-order valence-electron chi connectivity index (χ2n) is 6.49. The molecule has 1 saturated heterocycles. The quantitative estimate of drug-likeness (QED) is 0.746. The molecule has 0 radical (unpaired) electrons. The molecule has 1 N–H and O–H groups in total. The maximum absolute atomic E-state index is 12.7. The number of anilines is 1. The van der Waals surface area contributed by atoms with Crippen molar-refractivity contribution in [2.45, 2.75) is 13.5 Å². The molecule has 0 aromatic carbocycles. The molecule has 6 nitrogen and oxygen atoms in total. The monoisotopic (exact) mass is 387 g/mol. The van der Waals surface area contributed by atoms with E-state index in [0.29, 0.717) is 6.54 Å². The van der Waals surface area contributed by atoms with E-state index < -0.39 is 0 Å². The van der Waals surface area contributed by atoms with Gasteiger partial charge in [-0.1, -0.05) is 6.07 Å². The molecule has 1 aliphatic rings. The van der Waals surface area contributed by atoms with Gasteiger partial charge in [-0.3, -0.25) is 4.79 Å². The van der Waals surface area contributed by atoms with E-state index in [1.807, 2.05) is 24.4 Å². The minimum atomic E-state index is -0.0387. The Balaban J connectivity index is 1.62.